The maximum absolute atomic E-state index is 12.6. The van der Waals surface area contributed by atoms with Gasteiger partial charge in [-0.15, -0.1) is 0 Å². The molecule has 132 valence electrons. The van der Waals surface area contributed by atoms with Gasteiger partial charge in [0.05, 0.1) is 12.8 Å². The number of para-hydroxylation sites is 1. The van der Waals surface area contributed by atoms with Crippen LogP contribution in [0, 0.1) is 0 Å². The van der Waals surface area contributed by atoms with Crippen molar-refractivity contribution in [1.29, 1.82) is 0 Å². The number of amides is 2. The molecule has 1 saturated heterocycles. The number of nitrogens with zero attached hydrogens (tertiary/aromatic N) is 4. The number of aromatic nitrogens is 3. The molecule has 1 aliphatic heterocycles. The van der Waals surface area contributed by atoms with Gasteiger partial charge in [-0.05, 0) is 30.9 Å². The van der Waals surface area contributed by atoms with Crippen LogP contribution in [0.15, 0.2) is 36.9 Å². The highest BCUT2D eigenvalue weighted by Gasteiger charge is 2.32. The van der Waals surface area contributed by atoms with Gasteiger partial charge < -0.3 is 10.1 Å². The Kier molecular flexibility index (Phi) is 5.27. The highest BCUT2D eigenvalue weighted by molar-refractivity contribution is 5.85. The molecule has 0 spiro atoms. The Balaban J connectivity index is 1.69. The topological polar surface area (TPSA) is 89.4 Å². The van der Waals surface area contributed by atoms with Gasteiger partial charge in [0, 0.05) is 13.1 Å². The number of nitrogens with one attached hydrogen (secondary N) is 1. The largest absolute Gasteiger partial charge is 0.453 e. The van der Waals surface area contributed by atoms with Crippen LogP contribution in [0.25, 0.3) is 5.69 Å². The van der Waals surface area contributed by atoms with Crippen molar-refractivity contribution in [3.63, 3.8) is 0 Å². The highest BCUT2D eigenvalue weighted by Crippen LogP contribution is 2.19. The second-order valence-corrected chi connectivity index (χ2v) is 5.86. The van der Waals surface area contributed by atoms with E-state index < -0.39 is 12.1 Å². The quantitative estimate of drug-likeness (QED) is 0.909. The fourth-order valence-corrected chi connectivity index (χ4v) is 3.06. The van der Waals surface area contributed by atoms with Crippen LogP contribution >= 0.6 is 0 Å². The molecular formula is C17H21N5O3. The van der Waals surface area contributed by atoms with E-state index in [1.807, 2.05) is 24.3 Å². The lowest BCUT2D eigenvalue weighted by atomic mass is 10.0. The van der Waals surface area contributed by atoms with Crippen molar-refractivity contribution in [3.05, 3.63) is 42.5 Å². The SMILES string of the molecule is COC(=O)N1CCCC[C@H]1C(=O)NCc1ccccc1-n1cncn1. The third-order valence-electron chi connectivity index (χ3n) is 4.32. The van der Waals surface area contributed by atoms with Gasteiger partial charge in [0.15, 0.2) is 0 Å². The number of carbonyl (C=O) groups is 2. The van der Waals surface area contributed by atoms with E-state index >= 15 is 0 Å². The molecule has 2 heterocycles. The van der Waals surface area contributed by atoms with E-state index in [1.165, 1.54) is 18.3 Å². The van der Waals surface area contributed by atoms with E-state index in [2.05, 4.69) is 15.4 Å². The number of carbonyl (C=O) groups excluding carboxylic acids is 2. The van der Waals surface area contributed by atoms with Gasteiger partial charge in [0.2, 0.25) is 5.91 Å². The summed E-state index contributed by atoms with van der Waals surface area (Å²) >= 11 is 0. The zero-order valence-corrected chi connectivity index (χ0v) is 14.1. The monoisotopic (exact) mass is 343 g/mol. The predicted molar refractivity (Wildman–Crippen MR) is 90.0 cm³/mol. The molecule has 0 radical (unpaired) electrons. The number of benzene rings is 1. The number of rotatable bonds is 4. The summed E-state index contributed by atoms with van der Waals surface area (Å²) in [6.45, 7) is 0.890. The van der Waals surface area contributed by atoms with E-state index in [1.54, 1.807) is 11.0 Å². The van der Waals surface area contributed by atoms with Crippen LogP contribution in [0.3, 0.4) is 0 Å². The minimum atomic E-state index is -0.486. The first kappa shape index (κ1) is 16.9. The maximum atomic E-state index is 12.6. The Morgan fingerprint density at radius 2 is 2.16 bits per heavy atom. The number of ether oxygens (including phenoxy) is 1. The minimum absolute atomic E-state index is 0.168. The third kappa shape index (κ3) is 3.78. The third-order valence-corrected chi connectivity index (χ3v) is 4.32. The fourth-order valence-electron chi connectivity index (χ4n) is 3.06. The standard InChI is InChI=1S/C17H21N5O3/c1-25-17(24)21-9-5-4-8-15(21)16(23)19-10-13-6-2-3-7-14(13)22-12-18-11-20-22/h2-3,6-7,11-12,15H,4-5,8-10H2,1H3,(H,19,23)/t15-/m0/s1. The maximum Gasteiger partial charge on any atom is 0.410 e. The molecule has 1 aromatic carbocycles. The molecule has 1 aromatic heterocycles. The number of likely N-dealkylation sites (tertiary alicyclic amines) is 1. The molecule has 2 amide bonds. The van der Waals surface area contributed by atoms with E-state index in [0.29, 0.717) is 19.5 Å². The summed E-state index contributed by atoms with van der Waals surface area (Å²) in [5.74, 6) is -0.168. The van der Waals surface area contributed by atoms with Crippen LogP contribution in [0.4, 0.5) is 4.79 Å². The number of hydrogen-bond donors (Lipinski definition) is 1. The van der Waals surface area contributed by atoms with Crippen molar-refractivity contribution in [2.45, 2.75) is 31.8 Å². The summed E-state index contributed by atoms with van der Waals surface area (Å²) in [5.41, 5.74) is 1.77. The van der Waals surface area contributed by atoms with Crippen molar-refractivity contribution in [1.82, 2.24) is 25.0 Å². The van der Waals surface area contributed by atoms with Crippen LogP contribution < -0.4 is 5.32 Å². The zero-order valence-electron chi connectivity index (χ0n) is 14.1. The molecule has 1 fully saturated rings. The van der Waals surface area contributed by atoms with Crippen LogP contribution in [0.5, 0.6) is 0 Å². The molecule has 3 rings (SSSR count). The normalized spacial score (nSPS) is 17.2. The Labute approximate surface area is 145 Å². The van der Waals surface area contributed by atoms with Gasteiger partial charge in [-0.1, -0.05) is 18.2 Å². The van der Waals surface area contributed by atoms with Crippen LogP contribution in [0.2, 0.25) is 0 Å². The first-order valence-corrected chi connectivity index (χ1v) is 8.26. The average molecular weight is 343 g/mol. The van der Waals surface area contributed by atoms with Crippen molar-refractivity contribution in [3.8, 4) is 5.69 Å². The number of hydrogen-bond acceptors (Lipinski definition) is 5. The van der Waals surface area contributed by atoms with Crippen molar-refractivity contribution in [2.75, 3.05) is 13.7 Å². The van der Waals surface area contributed by atoms with E-state index in [9.17, 15) is 9.59 Å². The lowest BCUT2D eigenvalue weighted by Gasteiger charge is -2.33. The average Bonchev–Trinajstić information content (AvgIpc) is 3.20. The minimum Gasteiger partial charge on any atom is -0.453 e. The number of methoxy groups -OCH3 is 1. The van der Waals surface area contributed by atoms with E-state index in [-0.39, 0.29) is 5.91 Å². The first-order chi connectivity index (χ1) is 12.2. The van der Waals surface area contributed by atoms with E-state index in [0.717, 1.165) is 24.1 Å². The molecule has 0 saturated carbocycles. The molecule has 1 N–H and O–H groups in total. The van der Waals surface area contributed by atoms with E-state index in [4.69, 9.17) is 4.74 Å². The van der Waals surface area contributed by atoms with Gasteiger partial charge in [0.1, 0.15) is 18.7 Å². The number of piperidine rings is 1. The zero-order chi connectivity index (χ0) is 17.6. The first-order valence-electron chi connectivity index (χ1n) is 8.26. The second kappa shape index (κ2) is 7.78. The van der Waals surface area contributed by atoms with Crippen molar-refractivity contribution >= 4 is 12.0 Å². The van der Waals surface area contributed by atoms with Crippen LogP contribution in [0.1, 0.15) is 24.8 Å². The molecule has 25 heavy (non-hydrogen) atoms. The smallest absolute Gasteiger partial charge is 0.410 e. The summed E-state index contributed by atoms with van der Waals surface area (Å²) in [5, 5.41) is 7.06. The Bertz CT molecular complexity index is 732. The molecule has 1 aliphatic rings. The Hall–Kier alpha value is -2.90. The van der Waals surface area contributed by atoms with Crippen LogP contribution in [-0.4, -0.2) is 51.4 Å². The Morgan fingerprint density at radius 1 is 1.32 bits per heavy atom. The molecule has 0 unspecified atom stereocenters. The second-order valence-electron chi connectivity index (χ2n) is 5.86. The lowest BCUT2D eigenvalue weighted by Crippen LogP contribution is -2.51. The van der Waals surface area contributed by atoms with Crippen molar-refractivity contribution < 1.29 is 14.3 Å². The van der Waals surface area contributed by atoms with Crippen molar-refractivity contribution in [2.24, 2.45) is 0 Å². The van der Waals surface area contributed by atoms with Gasteiger partial charge in [-0.3, -0.25) is 9.69 Å². The van der Waals surface area contributed by atoms with Gasteiger partial charge in [-0.2, -0.15) is 5.10 Å². The van der Waals surface area contributed by atoms with Gasteiger partial charge >= 0.3 is 6.09 Å². The summed E-state index contributed by atoms with van der Waals surface area (Å²) in [4.78, 5) is 29.9. The molecule has 0 aliphatic carbocycles. The molecule has 0 bridgehead atoms. The summed E-state index contributed by atoms with van der Waals surface area (Å²) in [6.07, 6.45) is 5.07. The summed E-state index contributed by atoms with van der Waals surface area (Å²) in [6, 6.07) is 7.17. The summed E-state index contributed by atoms with van der Waals surface area (Å²) in [7, 11) is 1.33. The fraction of sp³-hybridized carbons (Fsp3) is 0.412. The molecule has 8 nitrogen and oxygen atoms in total. The lowest BCUT2D eigenvalue weighted by molar-refractivity contribution is -0.127. The molecule has 2 aromatic rings. The molecular weight excluding hydrogens is 322 g/mol. The predicted octanol–water partition coefficient (Wildman–Crippen LogP) is 1.50. The molecule has 1 atom stereocenters. The van der Waals surface area contributed by atoms with Gasteiger partial charge in [-0.25, -0.2) is 14.5 Å². The highest BCUT2D eigenvalue weighted by atomic mass is 16.5. The molecule has 8 heteroatoms. The van der Waals surface area contributed by atoms with Gasteiger partial charge in [0.25, 0.3) is 0 Å². The summed E-state index contributed by atoms with van der Waals surface area (Å²) < 4.78 is 6.45. The van der Waals surface area contributed by atoms with Crippen LogP contribution in [-0.2, 0) is 16.1 Å². The Morgan fingerprint density at radius 3 is 2.92 bits per heavy atom.